The number of ether oxygens (including phenoxy) is 1. The van der Waals surface area contributed by atoms with Crippen LogP contribution in [0.1, 0.15) is 59.3 Å². The van der Waals surface area contributed by atoms with E-state index in [0.29, 0.717) is 36.2 Å². The predicted molar refractivity (Wildman–Crippen MR) is 172 cm³/mol. The second-order valence-corrected chi connectivity index (χ2v) is 11.2. The van der Waals surface area contributed by atoms with E-state index in [9.17, 15) is 4.79 Å². The molecule has 7 nitrogen and oxygen atoms in total. The third-order valence-corrected chi connectivity index (χ3v) is 7.64. The molecule has 1 atom stereocenters. The summed E-state index contributed by atoms with van der Waals surface area (Å²) < 4.78 is 7.58. The van der Waals surface area contributed by atoms with Crippen LogP contribution in [0.2, 0.25) is 0 Å². The Morgan fingerprint density at radius 1 is 1.05 bits per heavy atom. The zero-order chi connectivity index (χ0) is 29.8. The molecule has 1 unspecified atom stereocenters. The molecule has 2 N–H and O–H groups in total. The Bertz CT molecular complexity index is 1860. The molecule has 0 amide bonds. The first-order valence-electron chi connectivity index (χ1n) is 14.7. The Morgan fingerprint density at radius 2 is 1.86 bits per heavy atom. The maximum Gasteiger partial charge on any atom is 0.268 e. The minimum atomic E-state index is -0.183. The van der Waals surface area contributed by atoms with Gasteiger partial charge in [0, 0.05) is 35.9 Å². The Balaban J connectivity index is 1.36. The standard InChI is InChI=1S/C36H35N5O2/c1-24(2)29-6-4-5-27(19-29)23-41-34-31(20-30(35(41)42)12-11-26-9-7-25(3)8-10-26)21-38-36(40-34)39-32-15-13-28(14-16-32)33-22-37-17-18-43-33/h4-10,13-16,19-21,24,33,37H,17-18,22-23H2,1-3H3,(H,38,39,40). The Labute approximate surface area is 252 Å². The molecule has 1 aliphatic heterocycles. The zero-order valence-corrected chi connectivity index (χ0v) is 24.7. The largest absolute Gasteiger partial charge is 0.371 e. The second-order valence-electron chi connectivity index (χ2n) is 11.2. The van der Waals surface area contributed by atoms with Gasteiger partial charge in [-0.1, -0.05) is 79.8 Å². The second kappa shape index (κ2) is 12.6. The summed E-state index contributed by atoms with van der Waals surface area (Å²) in [5.74, 6) is 7.06. The van der Waals surface area contributed by atoms with E-state index in [-0.39, 0.29) is 11.7 Å². The third kappa shape index (κ3) is 6.67. The fraction of sp³-hybridized carbons (Fsp3) is 0.250. The van der Waals surface area contributed by atoms with Crippen molar-refractivity contribution in [1.29, 1.82) is 0 Å². The lowest BCUT2D eigenvalue weighted by Crippen LogP contribution is -2.33. The molecular formula is C36H35N5O2. The fourth-order valence-corrected chi connectivity index (χ4v) is 5.15. The van der Waals surface area contributed by atoms with Crippen molar-refractivity contribution in [2.24, 2.45) is 0 Å². The highest BCUT2D eigenvalue weighted by atomic mass is 16.5. The van der Waals surface area contributed by atoms with Crippen molar-refractivity contribution < 1.29 is 4.74 Å². The van der Waals surface area contributed by atoms with Crippen molar-refractivity contribution in [2.45, 2.75) is 39.3 Å². The number of morpholine rings is 1. The molecule has 1 saturated heterocycles. The number of nitrogens with one attached hydrogen (secondary N) is 2. The third-order valence-electron chi connectivity index (χ3n) is 7.64. The van der Waals surface area contributed by atoms with Gasteiger partial charge in [0.1, 0.15) is 5.65 Å². The maximum absolute atomic E-state index is 13.9. The monoisotopic (exact) mass is 569 g/mol. The van der Waals surface area contributed by atoms with Crippen LogP contribution in [-0.4, -0.2) is 34.2 Å². The summed E-state index contributed by atoms with van der Waals surface area (Å²) in [4.78, 5) is 23.3. The summed E-state index contributed by atoms with van der Waals surface area (Å²) in [7, 11) is 0. The normalized spacial score (nSPS) is 14.8. The van der Waals surface area contributed by atoms with Crippen molar-refractivity contribution in [1.82, 2.24) is 19.9 Å². The Hall–Kier alpha value is -4.77. The first-order chi connectivity index (χ1) is 20.9. The lowest BCUT2D eigenvalue weighted by Gasteiger charge is -2.24. The number of pyridine rings is 1. The average Bonchev–Trinajstić information content (AvgIpc) is 3.03. The summed E-state index contributed by atoms with van der Waals surface area (Å²) >= 11 is 0. The van der Waals surface area contributed by atoms with E-state index in [0.717, 1.165) is 46.4 Å². The van der Waals surface area contributed by atoms with Crippen LogP contribution in [-0.2, 0) is 11.3 Å². The number of aryl methyl sites for hydroxylation is 1. The molecule has 2 aromatic heterocycles. The molecule has 0 spiro atoms. The molecule has 0 radical (unpaired) electrons. The quantitative estimate of drug-likeness (QED) is 0.242. The van der Waals surface area contributed by atoms with Gasteiger partial charge in [-0.3, -0.25) is 9.36 Å². The van der Waals surface area contributed by atoms with Crippen LogP contribution in [0.25, 0.3) is 11.0 Å². The van der Waals surface area contributed by atoms with E-state index in [4.69, 9.17) is 9.72 Å². The van der Waals surface area contributed by atoms with E-state index in [1.54, 1.807) is 16.8 Å². The van der Waals surface area contributed by atoms with Crippen molar-refractivity contribution >= 4 is 22.7 Å². The minimum Gasteiger partial charge on any atom is -0.371 e. The number of aromatic nitrogens is 3. The summed E-state index contributed by atoms with van der Waals surface area (Å²) in [6, 6.07) is 26.2. The van der Waals surface area contributed by atoms with Crippen molar-refractivity contribution in [2.75, 3.05) is 25.0 Å². The van der Waals surface area contributed by atoms with Crippen LogP contribution in [0.3, 0.4) is 0 Å². The maximum atomic E-state index is 13.9. The molecule has 43 heavy (non-hydrogen) atoms. The molecule has 1 fully saturated rings. The average molecular weight is 570 g/mol. The first-order valence-corrected chi connectivity index (χ1v) is 14.7. The van der Waals surface area contributed by atoms with Gasteiger partial charge in [-0.2, -0.15) is 4.98 Å². The van der Waals surface area contributed by atoms with Crippen LogP contribution in [0.15, 0.2) is 89.9 Å². The molecule has 1 aliphatic rings. The molecule has 216 valence electrons. The minimum absolute atomic E-state index is 0.0478. The molecule has 0 saturated carbocycles. The predicted octanol–water partition coefficient (Wildman–Crippen LogP) is 6.08. The van der Waals surface area contributed by atoms with Crippen molar-refractivity contribution in [3.05, 3.63) is 129 Å². The van der Waals surface area contributed by atoms with Crippen LogP contribution in [0, 0.1) is 18.8 Å². The number of hydrogen-bond donors (Lipinski definition) is 2. The van der Waals surface area contributed by atoms with Gasteiger partial charge in [0.05, 0.1) is 24.8 Å². The molecule has 7 heteroatoms. The van der Waals surface area contributed by atoms with E-state index in [2.05, 4.69) is 65.6 Å². The van der Waals surface area contributed by atoms with Gasteiger partial charge < -0.3 is 15.4 Å². The highest BCUT2D eigenvalue weighted by molar-refractivity contribution is 5.77. The zero-order valence-electron chi connectivity index (χ0n) is 24.7. The number of hydrogen-bond acceptors (Lipinski definition) is 6. The number of nitrogens with zero attached hydrogens (tertiary/aromatic N) is 3. The molecule has 6 rings (SSSR count). The summed E-state index contributed by atoms with van der Waals surface area (Å²) in [5.41, 5.74) is 7.02. The lowest BCUT2D eigenvalue weighted by molar-refractivity contribution is 0.0277. The first kappa shape index (κ1) is 28.4. The summed E-state index contributed by atoms with van der Waals surface area (Å²) in [6.07, 6.45) is 1.80. The lowest BCUT2D eigenvalue weighted by atomic mass is 10.0. The van der Waals surface area contributed by atoms with Gasteiger partial charge >= 0.3 is 0 Å². The number of benzene rings is 3. The summed E-state index contributed by atoms with van der Waals surface area (Å²) in [5, 5.41) is 7.42. The van der Waals surface area contributed by atoms with E-state index < -0.39 is 0 Å². The van der Waals surface area contributed by atoms with Gasteiger partial charge in [0.25, 0.3) is 5.56 Å². The van der Waals surface area contributed by atoms with Gasteiger partial charge in [-0.25, -0.2) is 4.98 Å². The number of fused-ring (bicyclic) bond motifs is 1. The number of rotatable bonds is 6. The van der Waals surface area contributed by atoms with Gasteiger partial charge in [-0.15, -0.1) is 0 Å². The molecule has 5 aromatic rings. The van der Waals surface area contributed by atoms with E-state index >= 15 is 0 Å². The molecule has 0 aliphatic carbocycles. The van der Waals surface area contributed by atoms with Crippen LogP contribution in [0.4, 0.5) is 11.6 Å². The van der Waals surface area contributed by atoms with Gasteiger partial charge in [0.15, 0.2) is 0 Å². The topological polar surface area (TPSA) is 81.1 Å². The fourth-order valence-electron chi connectivity index (χ4n) is 5.15. The van der Waals surface area contributed by atoms with Crippen molar-refractivity contribution in [3.8, 4) is 11.8 Å². The molecular weight excluding hydrogens is 534 g/mol. The van der Waals surface area contributed by atoms with Crippen LogP contribution in [0.5, 0.6) is 0 Å². The van der Waals surface area contributed by atoms with Crippen molar-refractivity contribution in [3.63, 3.8) is 0 Å². The van der Waals surface area contributed by atoms with Crippen LogP contribution >= 0.6 is 0 Å². The van der Waals surface area contributed by atoms with E-state index in [1.807, 2.05) is 55.5 Å². The smallest absolute Gasteiger partial charge is 0.268 e. The molecule has 3 heterocycles. The van der Waals surface area contributed by atoms with E-state index in [1.165, 1.54) is 5.56 Å². The van der Waals surface area contributed by atoms with Gasteiger partial charge in [-0.05, 0) is 59.9 Å². The molecule has 0 bridgehead atoms. The Kier molecular flexibility index (Phi) is 8.32. The molecule has 3 aromatic carbocycles. The summed E-state index contributed by atoms with van der Waals surface area (Å²) in [6.45, 7) is 9.13. The highest BCUT2D eigenvalue weighted by Crippen LogP contribution is 2.23. The Morgan fingerprint density at radius 3 is 2.60 bits per heavy atom. The van der Waals surface area contributed by atoms with Gasteiger partial charge in [0.2, 0.25) is 5.95 Å². The SMILES string of the molecule is Cc1ccc(C#Cc2cc3cnc(Nc4ccc(C5CNCCO5)cc4)nc3n(Cc3cccc(C(C)C)c3)c2=O)cc1. The highest BCUT2D eigenvalue weighted by Gasteiger charge is 2.16. The van der Waals surface area contributed by atoms with Crippen LogP contribution < -0.4 is 16.2 Å². The number of anilines is 2.